The Morgan fingerprint density at radius 2 is 1.71 bits per heavy atom. The number of hydrogen-bond acceptors (Lipinski definition) is 3. The van der Waals surface area contributed by atoms with Crippen molar-refractivity contribution in [3.05, 3.63) is 65.7 Å². The van der Waals surface area contributed by atoms with E-state index in [2.05, 4.69) is 36.1 Å². The SMILES string of the molecule is CCC(c1ccccc1O)N(CCN)Cc1ccccc1. The average molecular weight is 284 g/mol. The zero-order chi connectivity index (χ0) is 15.1. The Bertz CT molecular complexity index is 542. The van der Waals surface area contributed by atoms with Crippen molar-refractivity contribution in [1.82, 2.24) is 4.90 Å². The minimum absolute atomic E-state index is 0.176. The first-order chi connectivity index (χ1) is 10.3. The van der Waals surface area contributed by atoms with Gasteiger partial charge in [0.25, 0.3) is 0 Å². The summed E-state index contributed by atoms with van der Waals surface area (Å²) in [5.74, 6) is 0.361. The molecule has 1 atom stereocenters. The van der Waals surface area contributed by atoms with E-state index in [-0.39, 0.29) is 6.04 Å². The molecule has 0 fully saturated rings. The molecule has 0 aliphatic carbocycles. The minimum Gasteiger partial charge on any atom is -0.508 e. The molecule has 112 valence electrons. The third-order valence-electron chi connectivity index (χ3n) is 3.77. The number of phenolic OH excluding ortho intramolecular Hbond substituents is 1. The molecule has 0 heterocycles. The topological polar surface area (TPSA) is 49.5 Å². The Morgan fingerprint density at radius 3 is 2.33 bits per heavy atom. The molecule has 0 radical (unpaired) electrons. The maximum Gasteiger partial charge on any atom is 0.120 e. The normalized spacial score (nSPS) is 12.5. The Balaban J connectivity index is 2.24. The van der Waals surface area contributed by atoms with Crippen LogP contribution in [0, 0.1) is 0 Å². The van der Waals surface area contributed by atoms with E-state index in [1.54, 1.807) is 6.07 Å². The molecule has 2 aromatic carbocycles. The summed E-state index contributed by atoms with van der Waals surface area (Å²) in [7, 11) is 0. The first-order valence-corrected chi connectivity index (χ1v) is 7.52. The molecule has 0 spiro atoms. The van der Waals surface area contributed by atoms with Gasteiger partial charge in [0.15, 0.2) is 0 Å². The van der Waals surface area contributed by atoms with Crippen LogP contribution in [0.2, 0.25) is 0 Å². The van der Waals surface area contributed by atoms with E-state index in [0.29, 0.717) is 12.3 Å². The molecule has 3 N–H and O–H groups in total. The predicted molar refractivity (Wildman–Crippen MR) is 87.0 cm³/mol. The predicted octanol–water partition coefficient (Wildman–Crippen LogP) is 3.30. The van der Waals surface area contributed by atoms with E-state index in [1.165, 1.54) is 5.56 Å². The summed E-state index contributed by atoms with van der Waals surface area (Å²) in [5, 5.41) is 10.1. The average Bonchev–Trinajstić information content (AvgIpc) is 2.51. The number of hydrogen-bond donors (Lipinski definition) is 2. The largest absolute Gasteiger partial charge is 0.508 e. The van der Waals surface area contributed by atoms with Gasteiger partial charge in [-0.25, -0.2) is 0 Å². The van der Waals surface area contributed by atoms with E-state index >= 15 is 0 Å². The highest BCUT2D eigenvalue weighted by molar-refractivity contribution is 5.34. The van der Waals surface area contributed by atoms with Gasteiger partial charge >= 0.3 is 0 Å². The van der Waals surface area contributed by atoms with Crippen LogP contribution in [0.25, 0.3) is 0 Å². The van der Waals surface area contributed by atoms with E-state index in [4.69, 9.17) is 5.73 Å². The molecular weight excluding hydrogens is 260 g/mol. The molecule has 3 heteroatoms. The van der Waals surface area contributed by atoms with E-state index in [1.807, 2.05) is 24.3 Å². The number of phenols is 1. The second-order valence-electron chi connectivity index (χ2n) is 5.23. The van der Waals surface area contributed by atoms with Crippen LogP contribution in [0.4, 0.5) is 0 Å². The van der Waals surface area contributed by atoms with Crippen LogP contribution in [0.1, 0.15) is 30.5 Å². The Kier molecular flexibility index (Phi) is 5.78. The number of aromatic hydroxyl groups is 1. The highest BCUT2D eigenvalue weighted by Crippen LogP contribution is 2.31. The zero-order valence-electron chi connectivity index (χ0n) is 12.6. The molecule has 3 nitrogen and oxygen atoms in total. The highest BCUT2D eigenvalue weighted by Gasteiger charge is 2.20. The van der Waals surface area contributed by atoms with Crippen LogP contribution in [-0.2, 0) is 6.54 Å². The first-order valence-electron chi connectivity index (χ1n) is 7.52. The number of nitrogens with zero attached hydrogens (tertiary/aromatic N) is 1. The first kappa shape index (κ1) is 15.5. The van der Waals surface area contributed by atoms with Crippen molar-refractivity contribution in [3.63, 3.8) is 0 Å². The lowest BCUT2D eigenvalue weighted by Crippen LogP contribution is -2.32. The summed E-state index contributed by atoms with van der Waals surface area (Å²) in [6.07, 6.45) is 0.935. The van der Waals surface area contributed by atoms with Gasteiger partial charge in [0.1, 0.15) is 5.75 Å². The molecule has 2 aromatic rings. The molecule has 0 saturated heterocycles. The van der Waals surface area contributed by atoms with Crippen LogP contribution < -0.4 is 5.73 Å². The van der Waals surface area contributed by atoms with Gasteiger partial charge in [-0.3, -0.25) is 4.90 Å². The summed E-state index contributed by atoms with van der Waals surface area (Å²) < 4.78 is 0. The third-order valence-corrected chi connectivity index (χ3v) is 3.77. The number of rotatable bonds is 7. The van der Waals surface area contributed by atoms with Gasteiger partial charge in [-0.05, 0) is 18.1 Å². The smallest absolute Gasteiger partial charge is 0.120 e. The van der Waals surface area contributed by atoms with Crippen LogP contribution in [-0.4, -0.2) is 23.1 Å². The fourth-order valence-corrected chi connectivity index (χ4v) is 2.77. The molecule has 0 aromatic heterocycles. The van der Waals surface area contributed by atoms with Crippen molar-refractivity contribution in [2.24, 2.45) is 5.73 Å². The molecule has 0 saturated carbocycles. The summed E-state index contributed by atoms with van der Waals surface area (Å²) in [5.41, 5.74) is 8.03. The van der Waals surface area contributed by atoms with E-state index in [0.717, 1.165) is 25.1 Å². The lowest BCUT2D eigenvalue weighted by molar-refractivity contribution is 0.185. The molecule has 21 heavy (non-hydrogen) atoms. The van der Waals surface area contributed by atoms with Gasteiger partial charge in [-0.15, -0.1) is 0 Å². The van der Waals surface area contributed by atoms with Crippen molar-refractivity contribution < 1.29 is 5.11 Å². The fourth-order valence-electron chi connectivity index (χ4n) is 2.77. The van der Waals surface area contributed by atoms with Gasteiger partial charge < -0.3 is 10.8 Å². The van der Waals surface area contributed by atoms with Crippen molar-refractivity contribution in [1.29, 1.82) is 0 Å². The van der Waals surface area contributed by atoms with Crippen LogP contribution in [0.15, 0.2) is 54.6 Å². The highest BCUT2D eigenvalue weighted by atomic mass is 16.3. The van der Waals surface area contributed by atoms with Gasteiger partial charge in [-0.1, -0.05) is 55.5 Å². The van der Waals surface area contributed by atoms with Crippen molar-refractivity contribution in [2.45, 2.75) is 25.9 Å². The molecule has 1 unspecified atom stereocenters. The molecule has 0 bridgehead atoms. The maximum absolute atomic E-state index is 10.1. The number of benzene rings is 2. The quantitative estimate of drug-likeness (QED) is 0.820. The monoisotopic (exact) mass is 284 g/mol. The Labute approximate surface area is 127 Å². The second kappa shape index (κ2) is 7.81. The minimum atomic E-state index is 0.176. The van der Waals surface area contributed by atoms with Crippen LogP contribution in [0.5, 0.6) is 5.75 Å². The Hall–Kier alpha value is -1.84. The van der Waals surface area contributed by atoms with Crippen molar-refractivity contribution >= 4 is 0 Å². The van der Waals surface area contributed by atoms with Crippen LogP contribution >= 0.6 is 0 Å². The molecule has 0 aliphatic heterocycles. The van der Waals surface area contributed by atoms with Gasteiger partial charge in [0, 0.05) is 31.2 Å². The maximum atomic E-state index is 10.1. The lowest BCUT2D eigenvalue weighted by atomic mass is 10.0. The Morgan fingerprint density at radius 1 is 1.05 bits per heavy atom. The van der Waals surface area contributed by atoms with Crippen LogP contribution in [0.3, 0.4) is 0 Å². The lowest BCUT2D eigenvalue weighted by Gasteiger charge is -2.31. The second-order valence-corrected chi connectivity index (χ2v) is 5.23. The molecular formula is C18H24N2O. The summed E-state index contributed by atoms with van der Waals surface area (Å²) in [6.45, 7) is 4.40. The summed E-state index contributed by atoms with van der Waals surface area (Å²) in [4.78, 5) is 2.34. The van der Waals surface area contributed by atoms with Gasteiger partial charge in [0.2, 0.25) is 0 Å². The molecule has 0 aliphatic rings. The number of para-hydroxylation sites is 1. The molecule has 2 rings (SSSR count). The van der Waals surface area contributed by atoms with Gasteiger partial charge in [-0.2, -0.15) is 0 Å². The fraction of sp³-hybridized carbons (Fsp3) is 0.333. The van der Waals surface area contributed by atoms with E-state index in [9.17, 15) is 5.11 Å². The van der Waals surface area contributed by atoms with Crippen molar-refractivity contribution in [3.8, 4) is 5.75 Å². The summed E-state index contributed by atoms with van der Waals surface area (Å²) in [6, 6.07) is 18.1. The summed E-state index contributed by atoms with van der Waals surface area (Å²) >= 11 is 0. The third kappa shape index (κ3) is 4.06. The molecule has 0 amide bonds. The van der Waals surface area contributed by atoms with Gasteiger partial charge in [0.05, 0.1) is 0 Å². The zero-order valence-corrected chi connectivity index (χ0v) is 12.6. The standard InChI is InChI=1S/C18H24N2O/c1-2-17(16-10-6-7-11-18(16)21)20(13-12-19)14-15-8-4-3-5-9-15/h3-11,17,21H,2,12-14,19H2,1H3. The number of nitrogens with two attached hydrogens (primary N) is 1. The van der Waals surface area contributed by atoms with E-state index < -0.39 is 0 Å². The van der Waals surface area contributed by atoms with Crippen molar-refractivity contribution in [2.75, 3.05) is 13.1 Å².